The fourth-order valence-electron chi connectivity index (χ4n) is 3.62. The molecule has 1 saturated heterocycles. The highest BCUT2D eigenvalue weighted by Gasteiger charge is 2.33. The van der Waals surface area contributed by atoms with Gasteiger partial charge < -0.3 is 15.5 Å². The van der Waals surface area contributed by atoms with Crippen LogP contribution in [0.15, 0.2) is 54.6 Å². The molecule has 6 heteroatoms. The molecule has 3 rings (SSSR count). The van der Waals surface area contributed by atoms with E-state index < -0.39 is 0 Å². The SMILES string of the molecule is CCCC(=O)Nc1cccc(CNC(=O)C2CC(=O)N(CCc3ccccc3)C2)c1. The number of likely N-dealkylation sites (tertiary alicyclic amines) is 1. The summed E-state index contributed by atoms with van der Waals surface area (Å²) in [7, 11) is 0. The number of hydrogen-bond donors (Lipinski definition) is 2. The molecule has 0 radical (unpaired) electrons. The van der Waals surface area contributed by atoms with Crippen LogP contribution in [0.2, 0.25) is 0 Å². The maximum absolute atomic E-state index is 12.6. The van der Waals surface area contributed by atoms with Gasteiger partial charge in [-0.2, -0.15) is 0 Å². The predicted octanol–water partition coefficient (Wildman–Crippen LogP) is 3.13. The molecule has 1 atom stereocenters. The van der Waals surface area contributed by atoms with Crippen molar-refractivity contribution in [2.75, 3.05) is 18.4 Å². The van der Waals surface area contributed by atoms with Crippen LogP contribution in [0.3, 0.4) is 0 Å². The van der Waals surface area contributed by atoms with Gasteiger partial charge in [0.05, 0.1) is 5.92 Å². The van der Waals surface area contributed by atoms with E-state index in [1.54, 1.807) is 4.90 Å². The Morgan fingerprint density at radius 2 is 1.83 bits per heavy atom. The fraction of sp³-hybridized carbons (Fsp3) is 0.375. The van der Waals surface area contributed by atoms with Gasteiger partial charge in [0, 0.05) is 38.2 Å². The van der Waals surface area contributed by atoms with Gasteiger partial charge in [-0.05, 0) is 36.1 Å². The van der Waals surface area contributed by atoms with Crippen LogP contribution in [0, 0.1) is 5.92 Å². The molecule has 158 valence electrons. The van der Waals surface area contributed by atoms with Crippen LogP contribution >= 0.6 is 0 Å². The first-order valence-corrected chi connectivity index (χ1v) is 10.5. The summed E-state index contributed by atoms with van der Waals surface area (Å²) in [6, 6.07) is 17.5. The first kappa shape index (κ1) is 21.6. The maximum atomic E-state index is 12.6. The molecule has 1 aliphatic rings. The topological polar surface area (TPSA) is 78.5 Å². The largest absolute Gasteiger partial charge is 0.352 e. The van der Waals surface area contributed by atoms with Gasteiger partial charge in [-0.3, -0.25) is 14.4 Å². The average molecular weight is 408 g/mol. The number of anilines is 1. The van der Waals surface area contributed by atoms with Gasteiger partial charge in [-0.25, -0.2) is 0 Å². The Hall–Kier alpha value is -3.15. The lowest BCUT2D eigenvalue weighted by molar-refractivity contribution is -0.129. The number of carbonyl (C=O) groups is 3. The van der Waals surface area contributed by atoms with Crippen molar-refractivity contribution in [3.63, 3.8) is 0 Å². The van der Waals surface area contributed by atoms with E-state index in [0.29, 0.717) is 26.1 Å². The number of rotatable bonds is 9. The molecule has 6 nitrogen and oxygen atoms in total. The van der Waals surface area contributed by atoms with Crippen LogP contribution in [-0.4, -0.2) is 35.7 Å². The van der Waals surface area contributed by atoms with Gasteiger partial charge in [0.15, 0.2) is 0 Å². The number of hydrogen-bond acceptors (Lipinski definition) is 3. The quantitative estimate of drug-likeness (QED) is 0.670. The zero-order valence-corrected chi connectivity index (χ0v) is 17.4. The first-order chi connectivity index (χ1) is 14.5. The van der Waals surface area contributed by atoms with Crippen LogP contribution < -0.4 is 10.6 Å². The third kappa shape index (κ3) is 6.17. The summed E-state index contributed by atoms with van der Waals surface area (Å²) in [4.78, 5) is 38.4. The van der Waals surface area contributed by atoms with Crippen LogP contribution in [0.4, 0.5) is 5.69 Å². The van der Waals surface area contributed by atoms with Gasteiger partial charge in [0.2, 0.25) is 17.7 Å². The minimum absolute atomic E-state index is 0.0150. The fourth-order valence-corrected chi connectivity index (χ4v) is 3.62. The Bertz CT molecular complexity index is 882. The van der Waals surface area contributed by atoms with Crippen LogP contribution in [0.25, 0.3) is 0 Å². The van der Waals surface area contributed by atoms with E-state index >= 15 is 0 Å². The molecule has 30 heavy (non-hydrogen) atoms. The summed E-state index contributed by atoms with van der Waals surface area (Å²) < 4.78 is 0. The van der Waals surface area contributed by atoms with Crippen LogP contribution in [-0.2, 0) is 27.3 Å². The average Bonchev–Trinajstić information content (AvgIpc) is 3.12. The van der Waals surface area contributed by atoms with Crippen molar-refractivity contribution in [3.05, 3.63) is 65.7 Å². The molecule has 0 saturated carbocycles. The van der Waals surface area contributed by atoms with Crippen molar-refractivity contribution >= 4 is 23.4 Å². The number of benzene rings is 2. The van der Waals surface area contributed by atoms with Gasteiger partial charge in [-0.1, -0.05) is 49.4 Å². The summed E-state index contributed by atoms with van der Waals surface area (Å²) in [6.45, 7) is 3.42. The molecule has 1 heterocycles. The summed E-state index contributed by atoms with van der Waals surface area (Å²) >= 11 is 0. The van der Waals surface area contributed by atoms with E-state index in [1.165, 1.54) is 5.56 Å². The molecule has 2 N–H and O–H groups in total. The third-order valence-electron chi connectivity index (χ3n) is 5.25. The number of nitrogens with one attached hydrogen (secondary N) is 2. The van der Waals surface area contributed by atoms with E-state index in [0.717, 1.165) is 24.1 Å². The third-order valence-corrected chi connectivity index (χ3v) is 5.25. The molecule has 1 unspecified atom stereocenters. The molecule has 1 fully saturated rings. The van der Waals surface area contributed by atoms with E-state index in [-0.39, 0.29) is 30.1 Å². The predicted molar refractivity (Wildman–Crippen MR) is 117 cm³/mol. The highest BCUT2D eigenvalue weighted by Crippen LogP contribution is 2.19. The maximum Gasteiger partial charge on any atom is 0.225 e. The van der Waals surface area contributed by atoms with Crippen LogP contribution in [0.5, 0.6) is 0 Å². The minimum atomic E-state index is -0.319. The van der Waals surface area contributed by atoms with Crippen molar-refractivity contribution in [3.8, 4) is 0 Å². The lowest BCUT2D eigenvalue weighted by atomic mass is 10.1. The Morgan fingerprint density at radius 1 is 1.07 bits per heavy atom. The molecule has 1 aliphatic heterocycles. The summed E-state index contributed by atoms with van der Waals surface area (Å²) in [6.07, 6.45) is 2.33. The van der Waals surface area contributed by atoms with Crippen molar-refractivity contribution in [2.24, 2.45) is 5.92 Å². The zero-order chi connectivity index (χ0) is 21.3. The Balaban J connectivity index is 1.47. The highest BCUT2D eigenvalue weighted by molar-refractivity contribution is 5.91. The normalized spacial score (nSPS) is 15.8. The van der Waals surface area contributed by atoms with Crippen molar-refractivity contribution in [1.29, 1.82) is 0 Å². The molecule has 0 aliphatic carbocycles. The van der Waals surface area contributed by atoms with E-state index in [2.05, 4.69) is 10.6 Å². The second-order valence-electron chi connectivity index (χ2n) is 7.69. The lowest BCUT2D eigenvalue weighted by Crippen LogP contribution is -2.33. The second kappa shape index (κ2) is 10.6. The smallest absolute Gasteiger partial charge is 0.225 e. The minimum Gasteiger partial charge on any atom is -0.352 e. The van der Waals surface area contributed by atoms with Crippen molar-refractivity contribution < 1.29 is 14.4 Å². The zero-order valence-electron chi connectivity index (χ0n) is 17.4. The molecule has 3 amide bonds. The summed E-state index contributed by atoms with van der Waals surface area (Å²) in [5, 5.41) is 5.79. The lowest BCUT2D eigenvalue weighted by Gasteiger charge is -2.16. The number of carbonyl (C=O) groups excluding carboxylic acids is 3. The first-order valence-electron chi connectivity index (χ1n) is 10.5. The molecular weight excluding hydrogens is 378 g/mol. The van der Waals surface area contributed by atoms with E-state index in [1.807, 2.05) is 61.5 Å². The van der Waals surface area contributed by atoms with Gasteiger partial charge in [0.1, 0.15) is 0 Å². The second-order valence-corrected chi connectivity index (χ2v) is 7.69. The molecule has 0 spiro atoms. The van der Waals surface area contributed by atoms with Gasteiger partial charge >= 0.3 is 0 Å². The van der Waals surface area contributed by atoms with Crippen LogP contribution in [0.1, 0.15) is 37.3 Å². The van der Waals surface area contributed by atoms with Crippen molar-refractivity contribution in [1.82, 2.24) is 10.2 Å². The Labute approximate surface area is 177 Å². The Morgan fingerprint density at radius 3 is 2.60 bits per heavy atom. The van der Waals surface area contributed by atoms with Gasteiger partial charge in [-0.15, -0.1) is 0 Å². The van der Waals surface area contributed by atoms with Crippen molar-refractivity contribution in [2.45, 2.75) is 39.2 Å². The van der Waals surface area contributed by atoms with E-state index in [9.17, 15) is 14.4 Å². The molecule has 0 aromatic heterocycles. The standard InChI is InChI=1S/C24H29N3O3/c1-2-7-22(28)26-21-11-6-10-19(14-21)16-25-24(30)20-15-23(29)27(17-20)13-12-18-8-4-3-5-9-18/h3-6,8-11,14,20H,2,7,12-13,15-17H2,1H3,(H,25,30)(H,26,28). The molecular formula is C24H29N3O3. The Kier molecular flexibility index (Phi) is 7.60. The summed E-state index contributed by atoms with van der Waals surface area (Å²) in [5.41, 5.74) is 2.82. The molecule has 0 bridgehead atoms. The number of nitrogens with zero attached hydrogens (tertiary/aromatic N) is 1. The van der Waals surface area contributed by atoms with E-state index in [4.69, 9.17) is 0 Å². The highest BCUT2D eigenvalue weighted by atomic mass is 16.2. The summed E-state index contributed by atoms with van der Waals surface area (Å²) in [5.74, 6) is -0.405. The van der Waals surface area contributed by atoms with Gasteiger partial charge in [0.25, 0.3) is 0 Å². The molecule has 2 aromatic rings. The molecule has 2 aromatic carbocycles. The number of amides is 3. The monoisotopic (exact) mass is 407 g/mol.